The number of hydrogen-bond donors (Lipinski definition) is 15. The van der Waals surface area contributed by atoms with Crippen molar-refractivity contribution in [3.63, 3.8) is 0 Å². The highest BCUT2D eigenvalue weighted by molar-refractivity contribution is 7.47. The van der Waals surface area contributed by atoms with Crippen molar-refractivity contribution in [1.29, 1.82) is 0 Å². The maximum Gasteiger partial charge on any atom is 0.471 e. The summed E-state index contributed by atoms with van der Waals surface area (Å²) in [5, 5.41) is 104. The molecule has 3 fully saturated rings. The Labute approximate surface area is 646 Å². The van der Waals surface area contributed by atoms with Gasteiger partial charge in [0.25, 0.3) is 0 Å². The molecule has 1 unspecified atom stereocenters. The summed E-state index contributed by atoms with van der Waals surface area (Å²) in [5.74, 6) is -4.17. The molecule has 3 saturated heterocycles. The number of phosphoric acid groups is 1. The fourth-order valence-electron chi connectivity index (χ4n) is 11.5. The number of ketones is 3. The summed E-state index contributed by atoms with van der Waals surface area (Å²) >= 11 is 0. The SMILES string of the molecule is COP(=O)(O)OCCCCCCCC(=O)[C@H](CCCCNC(=O)COCCOCOCCO[C@@H]1O[C@H](CO)[C@H](O)[C@H](O)[C@H]1NC(C)=O)NC(=O)[C@H](CCCCCC(=O)COCCOCCOCCO[C@@H]1O[C@H](CO)[C@H](O)[C@H](O)[C@H]1NC(C)=O)CC(=O)COCCOCCOCCO[C@@H]1O[C@H](CO)[C@H](O)[C@H](O)[C@H]1NC(C)=O. The van der Waals surface area contributed by atoms with Gasteiger partial charge in [0, 0.05) is 59.6 Å². The van der Waals surface area contributed by atoms with E-state index in [-0.39, 0.29) is 189 Å². The van der Waals surface area contributed by atoms with Crippen LogP contribution in [0.3, 0.4) is 0 Å². The van der Waals surface area contributed by atoms with Gasteiger partial charge in [0.15, 0.2) is 36.2 Å². The zero-order valence-electron chi connectivity index (χ0n) is 64.1. The highest BCUT2D eigenvalue weighted by Gasteiger charge is 2.48. The lowest BCUT2D eigenvalue weighted by Crippen LogP contribution is -2.64. The van der Waals surface area contributed by atoms with E-state index in [1.54, 1.807) is 0 Å². The molecule has 0 aromatic carbocycles. The Hall–Kier alpha value is -4.49. The average molecular weight is 1630 g/mol. The number of Topliss-reactive ketones (excluding diaryl/α,β-unsaturated/α-hetero) is 3. The van der Waals surface area contributed by atoms with Gasteiger partial charge in [0.1, 0.15) is 99.7 Å². The molecule has 3 rings (SSSR count). The quantitative estimate of drug-likeness (QED) is 0.0155. The van der Waals surface area contributed by atoms with E-state index < -0.39 is 167 Å². The summed E-state index contributed by atoms with van der Waals surface area (Å²) in [6.45, 7) is 2.11. The number of ether oxygens (including phenoxy) is 15. The van der Waals surface area contributed by atoms with Crippen molar-refractivity contribution in [3.8, 4) is 0 Å². The predicted molar refractivity (Wildman–Crippen MR) is 382 cm³/mol. The van der Waals surface area contributed by atoms with Crippen LogP contribution in [0.25, 0.3) is 0 Å². The third-order valence-corrected chi connectivity index (χ3v) is 18.4. The zero-order valence-corrected chi connectivity index (χ0v) is 65.0. The lowest BCUT2D eigenvalue weighted by Gasteiger charge is -2.42. The molecule has 646 valence electrons. The minimum atomic E-state index is -4.12. The van der Waals surface area contributed by atoms with Crippen molar-refractivity contribution < 1.29 is 174 Å². The van der Waals surface area contributed by atoms with Gasteiger partial charge in [0.05, 0.1) is 138 Å². The predicted octanol–water partition coefficient (Wildman–Crippen LogP) is -4.49. The van der Waals surface area contributed by atoms with Gasteiger partial charge in [-0.2, -0.15) is 0 Å². The number of rotatable bonds is 67. The molecular weight excluding hydrogens is 1510 g/mol. The van der Waals surface area contributed by atoms with Crippen molar-refractivity contribution in [3.05, 3.63) is 0 Å². The highest BCUT2D eigenvalue weighted by atomic mass is 31.2. The Morgan fingerprint density at radius 3 is 1.25 bits per heavy atom. The van der Waals surface area contributed by atoms with Gasteiger partial charge in [-0.15, -0.1) is 0 Å². The van der Waals surface area contributed by atoms with Gasteiger partial charge in [-0.25, -0.2) is 4.57 Å². The van der Waals surface area contributed by atoms with Crippen LogP contribution < -0.4 is 26.6 Å². The third kappa shape index (κ3) is 43.3. The summed E-state index contributed by atoms with van der Waals surface area (Å²) in [6.07, 6.45) is -10.2. The van der Waals surface area contributed by atoms with Gasteiger partial charge in [0.2, 0.25) is 29.5 Å². The van der Waals surface area contributed by atoms with Gasteiger partial charge in [-0.05, 0) is 44.9 Å². The number of aliphatic hydroxyl groups is 9. The molecule has 3 aliphatic rings. The average Bonchev–Trinajstić information content (AvgIpc) is 0.821. The fraction of sp³-hybridized carbons (Fsp3) is 0.884. The number of carbonyl (C=O) groups is 8. The van der Waals surface area contributed by atoms with Crippen molar-refractivity contribution in [2.24, 2.45) is 5.92 Å². The second-order valence-corrected chi connectivity index (χ2v) is 28.0. The van der Waals surface area contributed by atoms with Gasteiger partial charge in [-0.3, -0.25) is 47.4 Å². The molecule has 0 spiro atoms. The molecule has 5 amide bonds. The second kappa shape index (κ2) is 60.1. The molecule has 41 nitrogen and oxygen atoms in total. The Bertz CT molecular complexity index is 2630. The van der Waals surface area contributed by atoms with Crippen molar-refractivity contribution >= 4 is 54.7 Å². The molecule has 0 aromatic heterocycles. The van der Waals surface area contributed by atoms with Crippen LogP contribution in [0.1, 0.15) is 117 Å². The van der Waals surface area contributed by atoms with Crippen LogP contribution in [-0.2, 0) is 123 Å². The number of amides is 5. The molecule has 42 heteroatoms. The van der Waals surface area contributed by atoms with E-state index in [9.17, 15) is 93.8 Å². The zero-order chi connectivity index (χ0) is 81.8. The van der Waals surface area contributed by atoms with E-state index in [2.05, 4.69) is 31.1 Å². The summed E-state index contributed by atoms with van der Waals surface area (Å²) in [5.41, 5.74) is 0. The smallest absolute Gasteiger partial charge is 0.394 e. The van der Waals surface area contributed by atoms with Crippen LogP contribution >= 0.6 is 7.82 Å². The maximum atomic E-state index is 14.3. The number of hydrogen-bond acceptors (Lipinski definition) is 35. The second-order valence-electron chi connectivity index (χ2n) is 26.4. The Morgan fingerprint density at radius 2 is 0.802 bits per heavy atom. The Balaban J connectivity index is 1.50. The topological polar surface area (TPSA) is 573 Å². The minimum Gasteiger partial charge on any atom is -0.394 e. The lowest BCUT2D eigenvalue weighted by atomic mass is 9.93. The molecule has 111 heavy (non-hydrogen) atoms. The number of aliphatic hydroxyl groups excluding tert-OH is 9. The first kappa shape index (κ1) is 101. The largest absolute Gasteiger partial charge is 0.471 e. The molecule has 3 aliphatic heterocycles. The summed E-state index contributed by atoms with van der Waals surface area (Å²) < 4.78 is 104. The van der Waals surface area contributed by atoms with Crippen molar-refractivity contribution in [2.75, 3.05) is 172 Å². The van der Waals surface area contributed by atoms with E-state index in [1.807, 2.05) is 0 Å². The minimum absolute atomic E-state index is 0.00188. The van der Waals surface area contributed by atoms with Crippen LogP contribution in [-0.4, -0.2) is 368 Å². The first-order valence-corrected chi connectivity index (χ1v) is 39.2. The highest BCUT2D eigenvalue weighted by Crippen LogP contribution is 2.42. The first-order valence-electron chi connectivity index (χ1n) is 37.7. The molecule has 18 atom stereocenters. The van der Waals surface area contributed by atoms with Gasteiger partial charge < -0.3 is 148 Å². The molecule has 0 aliphatic carbocycles. The van der Waals surface area contributed by atoms with Gasteiger partial charge >= 0.3 is 7.82 Å². The fourth-order valence-corrected chi connectivity index (χ4v) is 12.0. The van der Waals surface area contributed by atoms with Crippen LogP contribution in [0, 0.1) is 5.92 Å². The van der Waals surface area contributed by atoms with E-state index >= 15 is 0 Å². The molecular formula is C69H124N5O36P. The van der Waals surface area contributed by atoms with Crippen LogP contribution in [0.2, 0.25) is 0 Å². The van der Waals surface area contributed by atoms with Crippen molar-refractivity contribution in [2.45, 2.75) is 215 Å². The molecule has 15 N–H and O–H groups in total. The van der Waals surface area contributed by atoms with Crippen LogP contribution in [0.5, 0.6) is 0 Å². The first-order chi connectivity index (χ1) is 53.3. The van der Waals surface area contributed by atoms with E-state index in [4.69, 9.17) is 75.6 Å². The third-order valence-electron chi connectivity index (χ3n) is 17.4. The number of nitrogens with one attached hydrogen (secondary N) is 5. The lowest BCUT2D eigenvalue weighted by molar-refractivity contribution is -0.272. The number of unbranched alkanes of at least 4 members (excludes halogenated alkanes) is 7. The monoisotopic (exact) mass is 1630 g/mol. The Morgan fingerprint density at radius 1 is 0.423 bits per heavy atom. The Kier molecular flexibility index (Phi) is 54.5. The van der Waals surface area contributed by atoms with E-state index in [1.165, 1.54) is 20.8 Å². The van der Waals surface area contributed by atoms with Crippen LogP contribution in [0.15, 0.2) is 0 Å². The van der Waals surface area contributed by atoms with Crippen LogP contribution in [0.4, 0.5) is 0 Å². The van der Waals surface area contributed by atoms with E-state index in [0.717, 1.165) is 7.11 Å². The van der Waals surface area contributed by atoms with Crippen molar-refractivity contribution in [1.82, 2.24) is 26.6 Å². The molecule has 0 bridgehead atoms. The summed E-state index contributed by atoms with van der Waals surface area (Å²) in [4.78, 5) is 112. The number of phosphoric ester groups is 1. The molecule has 0 aromatic rings. The standard InChI is InChI=1S/C69H124N5O36P/c1-45(78)71-57-63(88)60(85)53(38-75)108-67(57)104-34-31-97-23-21-95-25-27-99-41-49(81)16-10-8-9-15-48(37-50(82)42-100-28-26-96-22-24-98-32-35-105-68-58(72-46(2)79)64(89)61(86)54(39-76)109-68)66(91)74-51(52(83)18-11-6-5-7-14-20-107-111(92,93)94-4)17-12-13-19-70-56(84)43-101-29-30-102-44-103-33-36-106-69-59(73-47(3)80)65(90)62(87)55(40-77)110-69/h48,51,53-55,57-65,67-69,75-77,85-90H,5-44H2,1-4H3,(H,70,84)(H,71,78)(H,72,79)(H,73,80)(H,74,91)(H,92,93)/t48-,51+,53-,54-,55-,57-,58-,59-,60+,61+,62+,63-,64-,65-,67-,68-,69-/m1/s1. The molecule has 0 radical (unpaired) electrons. The van der Waals surface area contributed by atoms with Gasteiger partial charge in [-0.1, -0.05) is 32.1 Å². The number of carbonyl (C=O) groups excluding carboxylic acids is 8. The van der Waals surface area contributed by atoms with E-state index in [0.29, 0.717) is 64.2 Å². The summed E-state index contributed by atoms with van der Waals surface area (Å²) in [7, 11) is -3.05. The molecule has 3 heterocycles. The maximum absolute atomic E-state index is 14.3. The normalized spacial score (nSPS) is 25.1. The summed E-state index contributed by atoms with van der Waals surface area (Å²) in [6, 6.07) is -4.27. The molecule has 0 saturated carbocycles.